The van der Waals surface area contributed by atoms with Gasteiger partial charge in [-0.15, -0.1) is 11.8 Å². The summed E-state index contributed by atoms with van der Waals surface area (Å²) in [5, 5.41) is 3.78. The zero-order valence-electron chi connectivity index (χ0n) is 6.68. The van der Waals surface area contributed by atoms with Crippen molar-refractivity contribution in [3.8, 4) is 0 Å². The molecule has 2 N–H and O–H groups in total. The molecular formula is C8H7N3OS. The highest BCUT2D eigenvalue weighted by Gasteiger charge is 2.14. The molecule has 2 heterocycles. The third kappa shape index (κ3) is 1.50. The number of hydrogen-bond donors (Lipinski definition) is 1. The fourth-order valence-corrected chi connectivity index (χ4v) is 1.57. The summed E-state index contributed by atoms with van der Waals surface area (Å²) in [6, 6.07) is 0. The number of nitrogens with zero attached hydrogens (tertiary/aromatic N) is 2. The van der Waals surface area contributed by atoms with Crippen LogP contribution < -0.4 is 5.73 Å². The molecule has 1 amide bonds. The molecule has 0 aliphatic carbocycles. The van der Waals surface area contributed by atoms with Crippen LogP contribution in [0.5, 0.6) is 0 Å². The molecule has 2 aliphatic rings. The molecule has 66 valence electrons. The molecule has 0 aromatic rings. The van der Waals surface area contributed by atoms with E-state index in [4.69, 9.17) is 5.73 Å². The molecule has 0 aromatic heterocycles. The molecule has 2 rings (SSSR count). The van der Waals surface area contributed by atoms with Gasteiger partial charge in [0.15, 0.2) is 0 Å². The van der Waals surface area contributed by atoms with Crippen LogP contribution in [0.15, 0.2) is 40.1 Å². The topological polar surface area (TPSA) is 58.7 Å². The Labute approximate surface area is 79.5 Å². The lowest BCUT2D eigenvalue weighted by Crippen LogP contribution is -2.26. The maximum absolute atomic E-state index is 10.8. The lowest BCUT2D eigenvalue weighted by atomic mass is 10.3. The fourth-order valence-electron chi connectivity index (χ4n) is 0.997. The second-order valence-electron chi connectivity index (χ2n) is 2.48. The number of primary amides is 1. The second kappa shape index (κ2) is 3.10. The van der Waals surface area contributed by atoms with Crippen molar-refractivity contribution < 1.29 is 4.79 Å². The van der Waals surface area contributed by atoms with Gasteiger partial charge in [0.1, 0.15) is 11.5 Å². The van der Waals surface area contributed by atoms with Gasteiger partial charge in [-0.2, -0.15) is 0 Å². The second-order valence-corrected chi connectivity index (χ2v) is 3.26. The van der Waals surface area contributed by atoms with Crippen LogP contribution in [0.4, 0.5) is 0 Å². The Bertz CT molecular complexity index is 368. The van der Waals surface area contributed by atoms with E-state index in [1.54, 1.807) is 12.3 Å². The van der Waals surface area contributed by atoms with E-state index >= 15 is 0 Å². The van der Waals surface area contributed by atoms with Crippen molar-refractivity contribution >= 4 is 23.4 Å². The summed E-state index contributed by atoms with van der Waals surface area (Å²) >= 11 is 1.52. The predicted octanol–water partition coefficient (Wildman–Crippen LogP) is 0.759. The zero-order valence-corrected chi connectivity index (χ0v) is 7.49. The van der Waals surface area contributed by atoms with E-state index in [1.165, 1.54) is 11.8 Å². The fraction of sp³-hybridized carbons (Fsp3) is 0. The van der Waals surface area contributed by atoms with Gasteiger partial charge in [-0.25, -0.2) is 4.99 Å². The average Bonchev–Trinajstić information content (AvgIpc) is 2.17. The summed E-state index contributed by atoms with van der Waals surface area (Å²) < 4.78 is 0. The average molecular weight is 193 g/mol. The Morgan fingerprint density at radius 1 is 1.54 bits per heavy atom. The SMILES string of the molecule is NC(=O)C1=NC2=CSC=CN2C=C1. The van der Waals surface area contributed by atoms with E-state index in [-0.39, 0.29) is 0 Å². The number of amides is 1. The molecule has 4 nitrogen and oxygen atoms in total. The van der Waals surface area contributed by atoms with Crippen molar-refractivity contribution in [3.05, 3.63) is 35.1 Å². The minimum Gasteiger partial charge on any atom is -0.364 e. The normalized spacial score (nSPS) is 19.2. The predicted molar refractivity (Wildman–Crippen MR) is 52.4 cm³/mol. The van der Waals surface area contributed by atoms with E-state index in [1.807, 2.05) is 21.9 Å². The first-order valence-corrected chi connectivity index (χ1v) is 4.59. The van der Waals surface area contributed by atoms with Gasteiger partial charge >= 0.3 is 0 Å². The van der Waals surface area contributed by atoms with E-state index in [0.717, 1.165) is 5.82 Å². The van der Waals surface area contributed by atoms with Crippen LogP contribution in [0.25, 0.3) is 0 Å². The van der Waals surface area contributed by atoms with Crippen LogP contribution in [0.1, 0.15) is 0 Å². The minimum atomic E-state index is -0.503. The molecule has 0 saturated heterocycles. The summed E-state index contributed by atoms with van der Waals surface area (Å²) in [4.78, 5) is 16.7. The Morgan fingerprint density at radius 2 is 2.38 bits per heavy atom. The molecule has 0 unspecified atom stereocenters. The van der Waals surface area contributed by atoms with Crippen LogP contribution in [0, 0.1) is 0 Å². The molecule has 0 spiro atoms. The molecule has 0 saturated carbocycles. The number of nitrogens with two attached hydrogens (primary N) is 1. The maximum Gasteiger partial charge on any atom is 0.267 e. The number of aliphatic imine (C=N–C) groups is 1. The van der Waals surface area contributed by atoms with Gasteiger partial charge in [0.05, 0.1) is 0 Å². The molecule has 0 atom stereocenters. The van der Waals surface area contributed by atoms with Gasteiger partial charge in [-0.1, -0.05) is 0 Å². The van der Waals surface area contributed by atoms with Crippen LogP contribution in [-0.2, 0) is 4.79 Å². The van der Waals surface area contributed by atoms with Gasteiger partial charge in [-0.05, 0) is 11.5 Å². The van der Waals surface area contributed by atoms with Gasteiger partial charge in [0.25, 0.3) is 5.91 Å². The van der Waals surface area contributed by atoms with Gasteiger partial charge in [-0.3, -0.25) is 4.79 Å². The first-order valence-electron chi connectivity index (χ1n) is 3.65. The highest BCUT2D eigenvalue weighted by molar-refractivity contribution is 8.04. The number of carbonyl (C=O) groups is 1. The molecule has 2 aliphatic heterocycles. The van der Waals surface area contributed by atoms with E-state index in [9.17, 15) is 4.79 Å². The molecule has 0 fully saturated rings. The minimum absolute atomic E-state index is 0.290. The molecule has 13 heavy (non-hydrogen) atoms. The van der Waals surface area contributed by atoms with Crippen LogP contribution in [0.2, 0.25) is 0 Å². The number of thioether (sulfide) groups is 1. The van der Waals surface area contributed by atoms with Gasteiger partial charge < -0.3 is 10.6 Å². The standard InChI is InChI=1S/C8H7N3OS/c9-8(12)6-1-2-11-3-4-13-5-7(11)10-6/h1-5H,(H2,9,12). The summed E-state index contributed by atoms with van der Waals surface area (Å²) in [5.74, 6) is 0.222. The van der Waals surface area contributed by atoms with Crippen molar-refractivity contribution in [2.75, 3.05) is 0 Å². The lowest BCUT2D eigenvalue weighted by Gasteiger charge is -2.21. The lowest BCUT2D eigenvalue weighted by molar-refractivity contribution is -0.111. The molecular weight excluding hydrogens is 186 g/mol. The largest absolute Gasteiger partial charge is 0.364 e. The molecule has 0 bridgehead atoms. The zero-order chi connectivity index (χ0) is 9.26. The maximum atomic E-state index is 10.8. The number of hydrogen-bond acceptors (Lipinski definition) is 4. The van der Waals surface area contributed by atoms with E-state index < -0.39 is 5.91 Å². The quantitative estimate of drug-likeness (QED) is 0.668. The third-order valence-corrected chi connectivity index (χ3v) is 2.24. The van der Waals surface area contributed by atoms with Crippen molar-refractivity contribution in [3.63, 3.8) is 0 Å². The van der Waals surface area contributed by atoms with Crippen molar-refractivity contribution in [2.24, 2.45) is 10.7 Å². The number of fused-ring (bicyclic) bond motifs is 1. The van der Waals surface area contributed by atoms with Crippen LogP contribution in [-0.4, -0.2) is 16.5 Å². The van der Waals surface area contributed by atoms with E-state index in [2.05, 4.69) is 4.99 Å². The van der Waals surface area contributed by atoms with E-state index in [0.29, 0.717) is 5.71 Å². The molecule has 0 radical (unpaired) electrons. The summed E-state index contributed by atoms with van der Waals surface area (Å²) in [7, 11) is 0. The Morgan fingerprint density at radius 3 is 3.15 bits per heavy atom. The number of rotatable bonds is 1. The highest BCUT2D eigenvalue weighted by atomic mass is 32.2. The highest BCUT2D eigenvalue weighted by Crippen LogP contribution is 2.23. The van der Waals surface area contributed by atoms with Gasteiger partial charge in [0, 0.05) is 17.8 Å². The first kappa shape index (κ1) is 8.12. The Hall–Kier alpha value is -1.49. The summed E-state index contributed by atoms with van der Waals surface area (Å²) in [6.07, 6.45) is 5.23. The van der Waals surface area contributed by atoms with Crippen LogP contribution in [0.3, 0.4) is 0 Å². The molecule has 0 aromatic carbocycles. The van der Waals surface area contributed by atoms with Crippen molar-refractivity contribution in [1.82, 2.24) is 4.90 Å². The Balaban J connectivity index is 2.32. The third-order valence-electron chi connectivity index (χ3n) is 1.62. The van der Waals surface area contributed by atoms with Crippen molar-refractivity contribution in [1.29, 1.82) is 0 Å². The monoisotopic (exact) mass is 193 g/mol. The number of carbonyl (C=O) groups excluding carboxylic acids is 1. The first-order chi connectivity index (χ1) is 6.27. The van der Waals surface area contributed by atoms with Crippen molar-refractivity contribution in [2.45, 2.75) is 0 Å². The van der Waals surface area contributed by atoms with Crippen LogP contribution >= 0.6 is 11.8 Å². The Kier molecular flexibility index (Phi) is 1.94. The van der Waals surface area contributed by atoms with Gasteiger partial charge in [0.2, 0.25) is 0 Å². The molecule has 5 heteroatoms. The summed E-state index contributed by atoms with van der Waals surface area (Å²) in [6.45, 7) is 0. The smallest absolute Gasteiger partial charge is 0.267 e. The summed E-state index contributed by atoms with van der Waals surface area (Å²) in [5.41, 5.74) is 5.39.